The molecular formula is C51H107N3O2S2. The van der Waals surface area contributed by atoms with Crippen LogP contribution in [0.1, 0.15) is 232 Å². The molecule has 0 aliphatic rings. The Hall–Kier alpha value is -0.240. The molecule has 0 saturated heterocycles. The second-order valence-electron chi connectivity index (χ2n) is 18.8. The largest absolute Gasteiger partial charge is 0.358 e. The van der Waals surface area contributed by atoms with Crippen molar-refractivity contribution in [2.24, 2.45) is 0 Å². The van der Waals surface area contributed by atoms with Crippen LogP contribution < -0.4 is 5.32 Å². The van der Waals surface area contributed by atoms with Crippen LogP contribution in [0.25, 0.3) is 0 Å². The lowest BCUT2D eigenvalue weighted by molar-refractivity contribution is -0.890. The lowest BCUT2D eigenvalue weighted by Crippen LogP contribution is -2.41. The molecule has 58 heavy (non-hydrogen) atoms. The summed E-state index contributed by atoms with van der Waals surface area (Å²) in [6, 6.07) is 0. The van der Waals surface area contributed by atoms with E-state index in [9.17, 15) is 9.59 Å². The molecule has 0 radical (unpaired) electrons. The molecule has 0 aliphatic carbocycles. The number of rotatable bonds is 46. The maximum Gasteiger partial charge on any atom is 0.220 e. The van der Waals surface area contributed by atoms with Crippen molar-refractivity contribution in [1.82, 2.24) is 5.32 Å². The van der Waals surface area contributed by atoms with Gasteiger partial charge in [0.05, 0.1) is 54.4 Å². The van der Waals surface area contributed by atoms with Crippen LogP contribution in [0.3, 0.4) is 0 Å². The molecule has 0 bridgehead atoms. The Morgan fingerprint density at radius 3 is 1.05 bits per heavy atom. The first-order chi connectivity index (χ1) is 27.1. The van der Waals surface area contributed by atoms with Gasteiger partial charge in [0, 0.05) is 50.2 Å². The van der Waals surface area contributed by atoms with Crippen molar-refractivity contribution in [3.8, 4) is 0 Å². The van der Waals surface area contributed by atoms with Gasteiger partial charge in [-0.3, -0.25) is 9.59 Å². The molecule has 7 heteroatoms. The van der Waals surface area contributed by atoms with Crippen molar-refractivity contribution >= 4 is 33.3 Å². The number of nitrogens with one attached hydrogen (secondary N) is 1. The Balaban J connectivity index is -0.0000151. The zero-order chi connectivity index (χ0) is 41.3. The number of unbranched alkanes of at least 4 members (excludes halogenated alkanes) is 26. The first-order valence-electron chi connectivity index (χ1n) is 24.8. The molecule has 1 N–H and O–H groups in total. The summed E-state index contributed by atoms with van der Waals surface area (Å²) in [6.07, 6.45) is 44.5. The minimum Gasteiger partial charge on any atom is -0.358 e. The quantitative estimate of drug-likeness (QED) is 0.0287. The fraction of sp³-hybridized carbons (Fsp3) is 0.922. The zero-order valence-corrected chi connectivity index (χ0v) is 42.7. The summed E-state index contributed by atoms with van der Waals surface area (Å²) in [6.45, 7) is 9.96. The Morgan fingerprint density at radius 1 is 0.379 bits per heavy atom. The standard InChI is InChI=1S/C49H100N3O2S2.2CH3/c1-7-9-11-13-15-17-19-21-23-25-27-29-31-33-42-51(3,4)44-35-38-48(53)39-37-46-55-56-47-41-50-49(54)40-36-45-52(5,6)43-34-32-30-28-26-24-22-20-18-16-14-12-10-8-2;;/h7-47H2,1-6H3;2*1H3/q+1;2*-1/p+1. The number of Topliss-reactive ketones (excluding diaryl/α,β-unsaturated/α-hetero) is 1. The van der Waals surface area contributed by atoms with Crippen molar-refractivity contribution < 1.29 is 18.6 Å². The van der Waals surface area contributed by atoms with Crippen LogP contribution in [0, 0.1) is 14.9 Å². The summed E-state index contributed by atoms with van der Waals surface area (Å²) in [5.74, 6) is 2.56. The Morgan fingerprint density at radius 2 is 0.672 bits per heavy atom. The first kappa shape index (κ1) is 62.1. The number of quaternary nitrogens is 2. The lowest BCUT2D eigenvalue weighted by Gasteiger charge is -2.29. The molecule has 1 amide bonds. The molecule has 0 atom stereocenters. The number of carbonyl (C=O) groups excluding carboxylic acids is 2. The molecule has 0 unspecified atom stereocenters. The van der Waals surface area contributed by atoms with Crippen LogP contribution in [0.15, 0.2) is 0 Å². The van der Waals surface area contributed by atoms with Crippen molar-refractivity contribution in [3.05, 3.63) is 14.9 Å². The van der Waals surface area contributed by atoms with E-state index in [0.29, 0.717) is 18.6 Å². The summed E-state index contributed by atoms with van der Waals surface area (Å²) in [5, 5.41) is 3.11. The molecule has 0 rings (SSSR count). The zero-order valence-electron chi connectivity index (χ0n) is 41.0. The van der Waals surface area contributed by atoms with Gasteiger partial charge < -0.3 is 29.1 Å². The fourth-order valence-corrected chi connectivity index (χ4v) is 9.95. The highest BCUT2D eigenvalue weighted by atomic mass is 33.1. The molecular weight excluding hydrogens is 751 g/mol. The van der Waals surface area contributed by atoms with E-state index in [1.165, 1.54) is 193 Å². The highest BCUT2D eigenvalue weighted by molar-refractivity contribution is 8.76. The van der Waals surface area contributed by atoms with E-state index < -0.39 is 0 Å². The van der Waals surface area contributed by atoms with Gasteiger partial charge in [0.25, 0.3) is 0 Å². The molecule has 0 aromatic heterocycles. The molecule has 0 aromatic carbocycles. The minimum absolute atomic E-state index is 0. The maximum absolute atomic E-state index is 12.5. The van der Waals surface area contributed by atoms with Crippen LogP contribution in [0.4, 0.5) is 0 Å². The summed E-state index contributed by atoms with van der Waals surface area (Å²) in [7, 11) is 13.0. The average molecular weight is 859 g/mol. The highest BCUT2D eigenvalue weighted by Crippen LogP contribution is 2.22. The third-order valence-electron chi connectivity index (χ3n) is 11.9. The SMILES string of the molecule is CCCCCCCCCCCCCCCC[N+](C)(C)CCCC(=O)CCCSSCCNC(=O)CCC[N+](C)(C)CCCCCCCCCCCCCCCC.[CH3-].[CH3-]. The van der Waals surface area contributed by atoms with Crippen molar-refractivity contribution in [2.45, 2.75) is 232 Å². The smallest absolute Gasteiger partial charge is 0.220 e. The van der Waals surface area contributed by atoms with Gasteiger partial charge in [-0.1, -0.05) is 190 Å². The summed E-state index contributed by atoms with van der Waals surface area (Å²) < 4.78 is 2.07. The Kier molecular flexibility index (Phi) is 49.5. The molecule has 350 valence electrons. The number of nitrogens with zero attached hydrogens (tertiary/aromatic N) is 2. The predicted octanol–water partition coefficient (Wildman–Crippen LogP) is 15.4. The van der Waals surface area contributed by atoms with Gasteiger partial charge >= 0.3 is 0 Å². The fourth-order valence-electron chi connectivity index (χ4n) is 7.96. The molecule has 0 aromatic rings. The summed E-state index contributed by atoms with van der Waals surface area (Å²) >= 11 is 0. The molecule has 0 fully saturated rings. The van der Waals surface area contributed by atoms with E-state index in [1.807, 2.05) is 21.6 Å². The van der Waals surface area contributed by atoms with Crippen molar-refractivity contribution in [3.63, 3.8) is 0 Å². The van der Waals surface area contributed by atoms with E-state index in [0.717, 1.165) is 65.8 Å². The van der Waals surface area contributed by atoms with E-state index in [1.54, 1.807) is 0 Å². The number of amides is 1. The van der Waals surface area contributed by atoms with Crippen LogP contribution in [0.5, 0.6) is 0 Å². The first-order valence-corrected chi connectivity index (χ1v) is 27.3. The van der Waals surface area contributed by atoms with Gasteiger partial charge in [-0.2, -0.15) is 0 Å². The summed E-state index contributed by atoms with van der Waals surface area (Å²) in [4.78, 5) is 24.8. The second kappa shape index (κ2) is 46.3. The van der Waals surface area contributed by atoms with Gasteiger partial charge in [-0.25, -0.2) is 0 Å². The molecule has 0 aliphatic heterocycles. The predicted molar refractivity (Wildman–Crippen MR) is 268 cm³/mol. The van der Waals surface area contributed by atoms with Gasteiger partial charge in [0.15, 0.2) is 0 Å². The number of carbonyl (C=O) groups is 2. The van der Waals surface area contributed by atoms with E-state index in [2.05, 4.69) is 47.4 Å². The molecule has 5 nitrogen and oxygen atoms in total. The lowest BCUT2D eigenvalue weighted by atomic mass is 10.0. The minimum atomic E-state index is 0. The average Bonchev–Trinajstić information content (AvgIpc) is 3.16. The van der Waals surface area contributed by atoms with Gasteiger partial charge in [0.1, 0.15) is 5.78 Å². The van der Waals surface area contributed by atoms with Crippen LogP contribution >= 0.6 is 21.6 Å². The van der Waals surface area contributed by atoms with Gasteiger partial charge in [0.2, 0.25) is 5.91 Å². The third-order valence-corrected chi connectivity index (χ3v) is 14.4. The Labute approximate surface area is 374 Å². The summed E-state index contributed by atoms with van der Waals surface area (Å²) in [5.41, 5.74) is 0. The molecule has 0 saturated carbocycles. The van der Waals surface area contributed by atoms with Gasteiger partial charge in [-0.15, -0.1) is 0 Å². The third kappa shape index (κ3) is 48.4. The highest BCUT2D eigenvalue weighted by Gasteiger charge is 2.16. The van der Waals surface area contributed by atoms with Gasteiger partial charge in [-0.05, 0) is 32.1 Å². The number of hydrogen-bond donors (Lipinski definition) is 1. The second-order valence-corrected chi connectivity index (χ2v) is 21.5. The van der Waals surface area contributed by atoms with E-state index in [-0.39, 0.29) is 20.8 Å². The molecule has 0 heterocycles. The monoisotopic (exact) mass is 858 g/mol. The van der Waals surface area contributed by atoms with Crippen molar-refractivity contribution in [2.75, 3.05) is 72.4 Å². The van der Waals surface area contributed by atoms with E-state index >= 15 is 0 Å². The number of ketones is 1. The van der Waals surface area contributed by atoms with Crippen LogP contribution in [-0.4, -0.2) is 93.1 Å². The topological polar surface area (TPSA) is 46.2 Å². The van der Waals surface area contributed by atoms with Crippen LogP contribution in [0.2, 0.25) is 0 Å². The van der Waals surface area contributed by atoms with E-state index in [4.69, 9.17) is 0 Å². The maximum atomic E-state index is 12.5. The normalized spacial score (nSPS) is 11.7. The Bertz CT molecular complexity index is 786. The van der Waals surface area contributed by atoms with Crippen molar-refractivity contribution in [1.29, 1.82) is 0 Å². The van der Waals surface area contributed by atoms with Crippen LogP contribution in [-0.2, 0) is 9.59 Å². The number of hydrogen-bond acceptors (Lipinski definition) is 4. The molecule has 0 spiro atoms.